The van der Waals surface area contributed by atoms with Gasteiger partial charge in [0.15, 0.2) is 11.4 Å². The van der Waals surface area contributed by atoms with Crippen molar-refractivity contribution < 1.29 is 14.7 Å². The minimum atomic E-state index is -1.29. The van der Waals surface area contributed by atoms with Gasteiger partial charge in [0.1, 0.15) is 0 Å². The van der Waals surface area contributed by atoms with Crippen LogP contribution in [0.1, 0.15) is 33.5 Å². The van der Waals surface area contributed by atoms with Crippen LogP contribution in [0.15, 0.2) is 36.7 Å². The molecular formula is C14H13N3O3. The van der Waals surface area contributed by atoms with E-state index in [9.17, 15) is 9.59 Å². The van der Waals surface area contributed by atoms with Crippen molar-refractivity contribution in [2.24, 2.45) is 0 Å². The Morgan fingerprint density at radius 3 is 2.25 bits per heavy atom. The van der Waals surface area contributed by atoms with Crippen molar-refractivity contribution in [2.75, 3.05) is 5.32 Å². The number of benzene rings is 1. The Labute approximate surface area is 115 Å². The van der Waals surface area contributed by atoms with E-state index >= 15 is 0 Å². The normalized spacial score (nSPS) is 10.1. The van der Waals surface area contributed by atoms with E-state index in [-0.39, 0.29) is 11.4 Å². The maximum Gasteiger partial charge on any atom is 0.356 e. The molecule has 0 aliphatic heterocycles. The lowest BCUT2D eigenvalue weighted by molar-refractivity contribution is 0.0685. The Morgan fingerprint density at radius 2 is 1.70 bits per heavy atom. The summed E-state index contributed by atoms with van der Waals surface area (Å²) in [5.74, 6) is -1.88. The van der Waals surface area contributed by atoms with Crippen molar-refractivity contribution in [3.8, 4) is 0 Å². The molecule has 0 aliphatic rings. The minimum absolute atomic E-state index is 0.209. The summed E-state index contributed by atoms with van der Waals surface area (Å²) in [7, 11) is 0. The molecule has 0 saturated carbocycles. The molecule has 1 heterocycles. The van der Waals surface area contributed by atoms with Gasteiger partial charge < -0.3 is 10.4 Å². The van der Waals surface area contributed by atoms with Gasteiger partial charge in [0.05, 0.1) is 0 Å². The first-order valence-electron chi connectivity index (χ1n) is 6.06. The van der Waals surface area contributed by atoms with Crippen LogP contribution in [0.3, 0.4) is 0 Å². The van der Waals surface area contributed by atoms with Gasteiger partial charge >= 0.3 is 5.97 Å². The lowest BCUT2D eigenvalue weighted by Crippen LogP contribution is -2.19. The molecule has 0 saturated heterocycles. The average molecular weight is 271 g/mol. The third kappa shape index (κ3) is 2.97. The molecule has 0 spiro atoms. The SMILES string of the molecule is CCc1ccc(NC(=O)c2nccnc2C(=O)O)cc1. The molecule has 102 valence electrons. The first kappa shape index (κ1) is 13.7. The largest absolute Gasteiger partial charge is 0.476 e. The van der Waals surface area contributed by atoms with Gasteiger partial charge in [-0.25, -0.2) is 14.8 Å². The Hall–Kier alpha value is -2.76. The number of nitrogens with zero attached hydrogens (tertiary/aromatic N) is 2. The van der Waals surface area contributed by atoms with Crippen molar-refractivity contribution in [3.63, 3.8) is 0 Å². The third-order valence-electron chi connectivity index (χ3n) is 2.74. The monoisotopic (exact) mass is 271 g/mol. The Bertz CT molecular complexity index is 638. The highest BCUT2D eigenvalue weighted by atomic mass is 16.4. The van der Waals surface area contributed by atoms with E-state index in [1.807, 2.05) is 19.1 Å². The zero-order valence-electron chi connectivity index (χ0n) is 10.8. The number of aryl methyl sites for hydroxylation is 1. The van der Waals surface area contributed by atoms with Gasteiger partial charge in [-0.15, -0.1) is 0 Å². The standard InChI is InChI=1S/C14H13N3O3/c1-2-9-3-5-10(6-4-9)17-13(18)11-12(14(19)20)16-8-7-15-11/h3-8H,2H2,1H3,(H,17,18)(H,19,20). The van der Waals surface area contributed by atoms with Crippen LogP contribution < -0.4 is 5.32 Å². The number of aromatic carboxylic acids is 1. The molecular weight excluding hydrogens is 258 g/mol. The van der Waals surface area contributed by atoms with Crippen molar-refractivity contribution in [1.82, 2.24) is 9.97 Å². The van der Waals surface area contributed by atoms with Crippen LogP contribution in [-0.4, -0.2) is 27.0 Å². The molecule has 2 N–H and O–H groups in total. The summed E-state index contributed by atoms with van der Waals surface area (Å²) >= 11 is 0. The summed E-state index contributed by atoms with van der Waals surface area (Å²) in [5.41, 5.74) is 1.15. The summed E-state index contributed by atoms with van der Waals surface area (Å²) < 4.78 is 0. The minimum Gasteiger partial charge on any atom is -0.476 e. The maximum atomic E-state index is 12.0. The lowest BCUT2D eigenvalue weighted by Gasteiger charge is -2.06. The van der Waals surface area contributed by atoms with Crippen LogP contribution >= 0.6 is 0 Å². The van der Waals surface area contributed by atoms with Crippen LogP contribution in [0.5, 0.6) is 0 Å². The number of carbonyl (C=O) groups is 2. The first-order valence-corrected chi connectivity index (χ1v) is 6.06. The zero-order valence-corrected chi connectivity index (χ0v) is 10.8. The molecule has 1 aromatic heterocycles. The number of amides is 1. The van der Waals surface area contributed by atoms with Crippen LogP contribution in [0, 0.1) is 0 Å². The molecule has 0 bridgehead atoms. The fraction of sp³-hybridized carbons (Fsp3) is 0.143. The second-order valence-corrected chi connectivity index (χ2v) is 4.06. The van der Waals surface area contributed by atoms with Crippen LogP contribution in [0.25, 0.3) is 0 Å². The zero-order chi connectivity index (χ0) is 14.5. The van der Waals surface area contributed by atoms with Gasteiger partial charge in [-0.3, -0.25) is 4.79 Å². The van der Waals surface area contributed by atoms with E-state index in [0.717, 1.165) is 12.0 Å². The Morgan fingerprint density at radius 1 is 1.10 bits per heavy atom. The topological polar surface area (TPSA) is 92.2 Å². The lowest BCUT2D eigenvalue weighted by atomic mass is 10.1. The fourth-order valence-corrected chi connectivity index (χ4v) is 1.67. The number of hydrogen-bond acceptors (Lipinski definition) is 4. The van der Waals surface area contributed by atoms with E-state index in [2.05, 4.69) is 15.3 Å². The molecule has 0 unspecified atom stereocenters. The fourth-order valence-electron chi connectivity index (χ4n) is 1.67. The molecule has 2 rings (SSSR count). The van der Waals surface area contributed by atoms with Crippen molar-refractivity contribution in [2.45, 2.75) is 13.3 Å². The molecule has 0 fully saturated rings. The number of anilines is 1. The molecule has 2 aromatic rings. The summed E-state index contributed by atoms with van der Waals surface area (Å²) in [6, 6.07) is 7.30. The highest BCUT2D eigenvalue weighted by Crippen LogP contribution is 2.12. The van der Waals surface area contributed by atoms with E-state index < -0.39 is 11.9 Å². The molecule has 0 aliphatic carbocycles. The predicted molar refractivity (Wildman–Crippen MR) is 72.8 cm³/mol. The van der Waals surface area contributed by atoms with E-state index in [4.69, 9.17) is 5.11 Å². The molecule has 0 radical (unpaired) electrons. The van der Waals surface area contributed by atoms with Crippen LogP contribution in [0.4, 0.5) is 5.69 Å². The second kappa shape index (κ2) is 5.92. The molecule has 6 nitrogen and oxygen atoms in total. The third-order valence-corrected chi connectivity index (χ3v) is 2.74. The number of carboxylic acid groups (broad SMARTS) is 1. The Kier molecular flexibility index (Phi) is 4.05. The predicted octanol–water partition coefficient (Wildman–Crippen LogP) is 1.99. The summed E-state index contributed by atoms with van der Waals surface area (Å²) in [4.78, 5) is 30.4. The number of carbonyl (C=O) groups excluding carboxylic acids is 1. The molecule has 20 heavy (non-hydrogen) atoms. The van der Waals surface area contributed by atoms with Gasteiger partial charge in [-0.05, 0) is 24.1 Å². The second-order valence-electron chi connectivity index (χ2n) is 4.06. The molecule has 6 heteroatoms. The average Bonchev–Trinajstić information content (AvgIpc) is 2.48. The highest BCUT2D eigenvalue weighted by molar-refractivity contribution is 6.08. The van der Waals surface area contributed by atoms with Crippen LogP contribution in [0.2, 0.25) is 0 Å². The summed E-state index contributed by atoms with van der Waals surface area (Å²) in [6.07, 6.45) is 3.42. The van der Waals surface area contributed by atoms with E-state index in [0.29, 0.717) is 5.69 Å². The smallest absolute Gasteiger partial charge is 0.356 e. The van der Waals surface area contributed by atoms with Crippen LogP contribution in [-0.2, 0) is 6.42 Å². The quantitative estimate of drug-likeness (QED) is 0.887. The number of nitrogens with one attached hydrogen (secondary N) is 1. The van der Waals surface area contributed by atoms with E-state index in [1.165, 1.54) is 12.4 Å². The van der Waals surface area contributed by atoms with Crippen molar-refractivity contribution >= 4 is 17.6 Å². The van der Waals surface area contributed by atoms with Gasteiger partial charge in [-0.1, -0.05) is 19.1 Å². The number of carboxylic acids is 1. The molecule has 1 aromatic carbocycles. The molecule has 1 amide bonds. The van der Waals surface area contributed by atoms with Crippen molar-refractivity contribution in [3.05, 3.63) is 53.6 Å². The first-order chi connectivity index (χ1) is 9.61. The summed E-state index contributed by atoms with van der Waals surface area (Å²) in [6.45, 7) is 2.03. The number of aromatic nitrogens is 2. The van der Waals surface area contributed by atoms with Gasteiger partial charge in [0.2, 0.25) is 0 Å². The maximum absolute atomic E-state index is 12.0. The Balaban J connectivity index is 2.21. The van der Waals surface area contributed by atoms with Gasteiger partial charge in [0.25, 0.3) is 5.91 Å². The number of hydrogen-bond donors (Lipinski definition) is 2. The van der Waals surface area contributed by atoms with Crippen molar-refractivity contribution in [1.29, 1.82) is 0 Å². The van der Waals surface area contributed by atoms with Gasteiger partial charge in [0, 0.05) is 18.1 Å². The van der Waals surface area contributed by atoms with Gasteiger partial charge in [-0.2, -0.15) is 0 Å². The number of rotatable bonds is 4. The molecule has 0 atom stereocenters. The highest BCUT2D eigenvalue weighted by Gasteiger charge is 2.19. The summed E-state index contributed by atoms with van der Waals surface area (Å²) in [5, 5.41) is 11.6. The van der Waals surface area contributed by atoms with E-state index in [1.54, 1.807) is 12.1 Å².